The maximum absolute atomic E-state index is 14.8. The van der Waals surface area contributed by atoms with Crippen molar-refractivity contribution < 1.29 is 31.9 Å². The van der Waals surface area contributed by atoms with Crippen LogP contribution in [0.1, 0.15) is 10.4 Å². The molecule has 1 saturated heterocycles. The number of hydrogen-bond acceptors (Lipinski definition) is 4. The van der Waals surface area contributed by atoms with Gasteiger partial charge in [-0.05, 0) is 24.3 Å². The summed E-state index contributed by atoms with van der Waals surface area (Å²) in [5, 5.41) is 0. The summed E-state index contributed by atoms with van der Waals surface area (Å²) in [4.78, 5) is 28.7. The number of allylic oxidation sites excluding steroid dienone is 4. The third-order valence-corrected chi connectivity index (χ3v) is 6.27. The number of carbonyl (C=O) groups excluding carboxylic acids is 2. The molecule has 0 radical (unpaired) electrons. The summed E-state index contributed by atoms with van der Waals surface area (Å²) >= 11 is -2.26. The molecule has 0 bridgehead atoms. The molecule has 8 nitrogen and oxygen atoms in total. The molecular weight excluding hydrogens is 432 g/mol. The van der Waals surface area contributed by atoms with Gasteiger partial charge in [-0.15, -0.1) is 0 Å². The van der Waals surface area contributed by atoms with Gasteiger partial charge in [0.2, 0.25) is 5.91 Å². The number of rotatable bonds is 5. The van der Waals surface area contributed by atoms with Gasteiger partial charge >= 0.3 is 0 Å². The van der Waals surface area contributed by atoms with E-state index in [4.69, 9.17) is 9.29 Å². The number of hydrogen-bond donors (Lipinski definition) is 2. The molecule has 1 saturated carbocycles. The Morgan fingerprint density at radius 2 is 1.94 bits per heavy atom. The van der Waals surface area contributed by atoms with Crippen LogP contribution in [0.2, 0.25) is 0 Å². The molecule has 2 aliphatic carbocycles. The second-order valence-electron chi connectivity index (χ2n) is 7.58. The lowest BCUT2D eigenvalue weighted by molar-refractivity contribution is -0.135. The fourth-order valence-electron chi connectivity index (χ4n) is 4.21. The van der Waals surface area contributed by atoms with Crippen LogP contribution in [0, 0.1) is 11.8 Å². The molecule has 31 heavy (non-hydrogen) atoms. The number of nitrogens with zero attached hydrogens (tertiary/aromatic N) is 2. The van der Waals surface area contributed by atoms with E-state index in [1.807, 2.05) is 0 Å². The van der Waals surface area contributed by atoms with Gasteiger partial charge < -0.3 is 14.5 Å². The van der Waals surface area contributed by atoms with Crippen molar-refractivity contribution in [1.29, 1.82) is 0 Å². The van der Waals surface area contributed by atoms with Crippen LogP contribution in [0.15, 0.2) is 42.3 Å². The lowest BCUT2D eigenvalue weighted by Crippen LogP contribution is -2.51. The standard InChI is InChI=1S/C20H21F2N3O5S/c1-30-15-11-12(23-31(28)29)4-5-13(15)18(26)24-7-9-25(10-8-24)19(27)17-16-14(21)3-2-6-20(16,17)22/h2-6,11,16-17,23H,7-10H2,1H3,(H,28,29). The quantitative estimate of drug-likeness (QED) is 0.664. The van der Waals surface area contributed by atoms with Crippen molar-refractivity contribution in [2.75, 3.05) is 38.0 Å². The number of anilines is 1. The minimum absolute atomic E-state index is 0.213. The molecule has 1 aromatic rings. The van der Waals surface area contributed by atoms with Crippen LogP contribution in [-0.2, 0) is 16.1 Å². The molecule has 1 heterocycles. The number of piperazine rings is 1. The van der Waals surface area contributed by atoms with Crippen molar-refractivity contribution in [1.82, 2.24) is 9.80 Å². The molecule has 3 aliphatic rings. The molecule has 1 aliphatic heterocycles. The zero-order chi connectivity index (χ0) is 22.3. The van der Waals surface area contributed by atoms with Crippen molar-refractivity contribution in [3.63, 3.8) is 0 Å². The minimum atomic E-state index is -2.26. The average Bonchev–Trinajstić information content (AvgIpc) is 3.39. The van der Waals surface area contributed by atoms with Crippen LogP contribution in [0.5, 0.6) is 5.75 Å². The average molecular weight is 453 g/mol. The van der Waals surface area contributed by atoms with Crippen LogP contribution >= 0.6 is 0 Å². The molecule has 0 aromatic heterocycles. The molecule has 166 valence electrons. The number of nitrogens with one attached hydrogen (secondary N) is 1. The van der Waals surface area contributed by atoms with E-state index in [1.165, 1.54) is 48.4 Å². The van der Waals surface area contributed by atoms with Crippen molar-refractivity contribution in [3.05, 3.63) is 47.8 Å². The van der Waals surface area contributed by atoms with Gasteiger partial charge in [0.1, 0.15) is 11.6 Å². The molecule has 2 fully saturated rings. The third kappa shape index (κ3) is 3.83. The molecule has 4 unspecified atom stereocenters. The first-order valence-corrected chi connectivity index (χ1v) is 10.7. The van der Waals surface area contributed by atoms with Gasteiger partial charge in [-0.1, -0.05) is 6.08 Å². The topological polar surface area (TPSA) is 99.2 Å². The maximum Gasteiger partial charge on any atom is 0.259 e. The minimum Gasteiger partial charge on any atom is -0.496 e. The summed E-state index contributed by atoms with van der Waals surface area (Å²) in [5.74, 6) is -3.25. The van der Waals surface area contributed by atoms with E-state index < -0.39 is 40.5 Å². The molecule has 11 heteroatoms. The Balaban J connectivity index is 1.40. The fraction of sp³-hybridized carbons (Fsp3) is 0.400. The fourth-order valence-corrected chi connectivity index (χ4v) is 4.54. The van der Waals surface area contributed by atoms with Gasteiger partial charge in [-0.2, -0.15) is 0 Å². The number of amides is 2. The van der Waals surface area contributed by atoms with Crippen LogP contribution < -0.4 is 9.46 Å². The number of benzene rings is 1. The van der Waals surface area contributed by atoms with Gasteiger partial charge in [-0.25, -0.2) is 13.0 Å². The summed E-state index contributed by atoms with van der Waals surface area (Å²) in [5.41, 5.74) is -1.37. The summed E-state index contributed by atoms with van der Waals surface area (Å²) < 4.78 is 56.0. The molecule has 0 spiro atoms. The summed E-state index contributed by atoms with van der Waals surface area (Å²) in [6.45, 7) is 0.896. The Kier molecular flexibility index (Phi) is 5.56. The molecule has 2 amide bonds. The van der Waals surface area contributed by atoms with Crippen molar-refractivity contribution in [3.8, 4) is 5.75 Å². The van der Waals surface area contributed by atoms with Crippen LogP contribution in [0.3, 0.4) is 0 Å². The van der Waals surface area contributed by atoms with Gasteiger partial charge in [0.05, 0.1) is 30.2 Å². The zero-order valence-electron chi connectivity index (χ0n) is 16.6. The Labute approximate surface area is 179 Å². The monoisotopic (exact) mass is 453 g/mol. The van der Waals surface area contributed by atoms with E-state index >= 15 is 0 Å². The number of methoxy groups -OCH3 is 1. The molecule has 4 atom stereocenters. The number of fused-ring (bicyclic) bond motifs is 1. The van der Waals surface area contributed by atoms with E-state index in [2.05, 4.69) is 4.72 Å². The van der Waals surface area contributed by atoms with Crippen LogP contribution in [0.4, 0.5) is 14.5 Å². The van der Waals surface area contributed by atoms with Crippen molar-refractivity contribution in [2.24, 2.45) is 11.8 Å². The summed E-state index contributed by atoms with van der Waals surface area (Å²) in [7, 11) is 1.38. The lowest BCUT2D eigenvalue weighted by atomic mass is 10.1. The molecule has 4 rings (SSSR count). The molecular formula is C20H21F2N3O5S. The van der Waals surface area contributed by atoms with Gasteiger partial charge in [0, 0.05) is 32.2 Å². The first kappa shape index (κ1) is 21.4. The van der Waals surface area contributed by atoms with E-state index in [1.54, 1.807) is 4.90 Å². The highest BCUT2D eigenvalue weighted by atomic mass is 32.2. The van der Waals surface area contributed by atoms with E-state index in [9.17, 15) is 22.6 Å². The van der Waals surface area contributed by atoms with Gasteiger partial charge in [0.25, 0.3) is 17.2 Å². The molecule has 1 aromatic carbocycles. The van der Waals surface area contributed by atoms with E-state index in [-0.39, 0.29) is 43.4 Å². The van der Waals surface area contributed by atoms with Gasteiger partial charge in [-0.3, -0.25) is 18.9 Å². The first-order valence-electron chi connectivity index (χ1n) is 9.63. The number of ether oxygens (including phenoxy) is 1. The first-order chi connectivity index (χ1) is 14.8. The Bertz CT molecular complexity index is 1010. The normalized spacial score (nSPS) is 27.8. The SMILES string of the molecule is COc1cc(NS(=O)O)ccc1C(=O)N1CCN(C(=O)C2C3C(F)=CC=CC23F)CC1. The Morgan fingerprint density at radius 1 is 1.26 bits per heavy atom. The predicted molar refractivity (Wildman–Crippen MR) is 109 cm³/mol. The highest BCUT2D eigenvalue weighted by Gasteiger charge is 2.71. The van der Waals surface area contributed by atoms with E-state index in [0.717, 1.165) is 0 Å². The van der Waals surface area contributed by atoms with E-state index in [0.29, 0.717) is 5.69 Å². The highest BCUT2D eigenvalue weighted by Crippen LogP contribution is 2.61. The second kappa shape index (κ2) is 8.04. The predicted octanol–water partition coefficient (Wildman–Crippen LogP) is 1.91. The van der Waals surface area contributed by atoms with Crippen molar-refractivity contribution >= 4 is 28.8 Å². The van der Waals surface area contributed by atoms with Crippen LogP contribution in [-0.4, -0.2) is 69.3 Å². The Hall–Kier alpha value is -2.79. The molecule has 2 N–H and O–H groups in total. The number of alkyl halides is 1. The number of carbonyl (C=O) groups is 2. The van der Waals surface area contributed by atoms with Crippen molar-refractivity contribution in [2.45, 2.75) is 5.67 Å². The smallest absolute Gasteiger partial charge is 0.259 e. The summed E-state index contributed by atoms with van der Waals surface area (Å²) in [6, 6.07) is 4.40. The number of halogens is 2. The third-order valence-electron chi connectivity index (χ3n) is 5.86. The maximum atomic E-state index is 14.8. The van der Waals surface area contributed by atoms with Gasteiger partial charge in [0.15, 0.2) is 5.67 Å². The second-order valence-corrected chi connectivity index (χ2v) is 8.28. The largest absolute Gasteiger partial charge is 0.496 e. The zero-order valence-corrected chi connectivity index (χ0v) is 17.4. The summed E-state index contributed by atoms with van der Waals surface area (Å²) in [6.07, 6.45) is 3.71. The lowest BCUT2D eigenvalue weighted by Gasteiger charge is -2.35. The van der Waals surface area contributed by atoms with Crippen LogP contribution in [0.25, 0.3) is 0 Å². The Morgan fingerprint density at radius 3 is 2.55 bits per heavy atom. The highest BCUT2D eigenvalue weighted by molar-refractivity contribution is 7.80.